The van der Waals surface area contributed by atoms with Gasteiger partial charge in [-0.3, -0.25) is 0 Å². The zero-order valence-electron chi connectivity index (χ0n) is 9.58. The number of hydrogen-bond donors (Lipinski definition) is 1. The monoisotopic (exact) mass is 227 g/mol. The van der Waals surface area contributed by atoms with Crippen LogP contribution in [0.15, 0.2) is 6.20 Å². The quantitative estimate of drug-likeness (QED) is 0.824. The SMILES string of the molecule is CCn1ncc(CNC[C@@H]2CCCO2)c1F. The van der Waals surface area contributed by atoms with Crippen molar-refractivity contribution < 1.29 is 9.13 Å². The maximum absolute atomic E-state index is 13.6. The fraction of sp³-hybridized carbons (Fsp3) is 0.727. The molecule has 16 heavy (non-hydrogen) atoms. The second-order valence-corrected chi connectivity index (χ2v) is 4.04. The van der Waals surface area contributed by atoms with Gasteiger partial charge in [0.1, 0.15) is 0 Å². The molecule has 0 aliphatic carbocycles. The number of aryl methyl sites for hydroxylation is 1. The molecule has 90 valence electrons. The standard InChI is InChI=1S/C11H18FN3O/c1-2-15-11(12)9(7-14-15)6-13-8-10-4-3-5-16-10/h7,10,13H,2-6,8H2,1H3/t10-/m0/s1. The highest BCUT2D eigenvalue weighted by molar-refractivity contribution is 5.06. The van der Waals surface area contributed by atoms with E-state index in [2.05, 4.69) is 10.4 Å². The number of aromatic nitrogens is 2. The van der Waals surface area contributed by atoms with Crippen molar-refractivity contribution in [2.24, 2.45) is 0 Å². The summed E-state index contributed by atoms with van der Waals surface area (Å²) in [6.07, 6.45) is 4.11. The zero-order valence-corrected chi connectivity index (χ0v) is 9.58. The molecule has 0 unspecified atom stereocenters. The first-order chi connectivity index (χ1) is 7.81. The van der Waals surface area contributed by atoms with Gasteiger partial charge in [-0.25, -0.2) is 4.68 Å². The van der Waals surface area contributed by atoms with Crippen LogP contribution in [-0.4, -0.2) is 29.0 Å². The first-order valence-electron chi connectivity index (χ1n) is 5.83. The van der Waals surface area contributed by atoms with E-state index in [9.17, 15) is 4.39 Å². The van der Waals surface area contributed by atoms with Crippen molar-refractivity contribution in [1.29, 1.82) is 0 Å². The largest absolute Gasteiger partial charge is 0.377 e. The van der Waals surface area contributed by atoms with Crippen LogP contribution < -0.4 is 5.32 Å². The van der Waals surface area contributed by atoms with E-state index in [0.717, 1.165) is 26.0 Å². The second-order valence-electron chi connectivity index (χ2n) is 4.04. The van der Waals surface area contributed by atoms with Crippen LogP contribution in [0.2, 0.25) is 0 Å². The Balaban J connectivity index is 1.78. The minimum Gasteiger partial charge on any atom is -0.377 e. The lowest BCUT2D eigenvalue weighted by Gasteiger charge is -2.09. The fourth-order valence-corrected chi connectivity index (χ4v) is 1.92. The van der Waals surface area contributed by atoms with Crippen molar-refractivity contribution in [3.05, 3.63) is 17.7 Å². The summed E-state index contributed by atoms with van der Waals surface area (Å²) in [6, 6.07) is 0. The van der Waals surface area contributed by atoms with Gasteiger partial charge in [-0.1, -0.05) is 0 Å². The van der Waals surface area contributed by atoms with Gasteiger partial charge in [0.15, 0.2) is 0 Å². The number of nitrogens with one attached hydrogen (secondary N) is 1. The predicted octanol–water partition coefficient (Wildman–Crippen LogP) is 1.31. The Morgan fingerprint density at radius 3 is 3.19 bits per heavy atom. The lowest BCUT2D eigenvalue weighted by molar-refractivity contribution is 0.110. The molecule has 0 amide bonds. The van der Waals surface area contributed by atoms with Crippen LogP contribution in [0.4, 0.5) is 4.39 Å². The Hall–Kier alpha value is -0.940. The van der Waals surface area contributed by atoms with E-state index < -0.39 is 0 Å². The normalized spacial score (nSPS) is 20.5. The van der Waals surface area contributed by atoms with Gasteiger partial charge >= 0.3 is 0 Å². The summed E-state index contributed by atoms with van der Waals surface area (Å²) in [5.41, 5.74) is 0.625. The molecule has 1 fully saturated rings. The van der Waals surface area contributed by atoms with Gasteiger partial charge in [-0.15, -0.1) is 0 Å². The summed E-state index contributed by atoms with van der Waals surface area (Å²) in [5, 5.41) is 7.16. The lowest BCUT2D eigenvalue weighted by atomic mass is 10.2. The van der Waals surface area contributed by atoms with Gasteiger partial charge in [0.25, 0.3) is 0 Å². The van der Waals surface area contributed by atoms with E-state index in [0.29, 0.717) is 24.8 Å². The van der Waals surface area contributed by atoms with Crippen LogP contribution >= 0.6 is 0 Å². The Morgan fingerprint density at radius 2 is 2.56 bits per heavy atom. The molecule has 1 aromatic rings. The molecule has 0 radical (unpaired) electrons. The number of ether oxygens (including phenoxy) is 1. The average Bonchev–Trinajstić information content (AvgIpc) is 2.90. The number of halogens is 1. The third kappa shape index (κ3) is 2.59. The molecule has 5 heteroatoms. The molecule has 0 spiro atoms. The third-order valence-electron chi connectivity index (χ3n) is 2.86. The Kier molecular flexibility index (Phi) is 3.90. The Labute approximate surface area is 94.8 Å². The van der Waals surface area contributed by atoms with Crippen molar-refractivity contribution in [1.82, 2.24) is 15.1 Å². The van der Waals surface area contributed by atoms with Crippen LogP contribution in [0, 0.1) is 5.95 Å². The Morgan fingerprint density at radius 1 is 1.69 bits per heavy atom. The molecule has 1 N–H and O–H groups in total. The summed E-state index contributed by atoms with van der Waals surface area (Å²) < 4.78 is 20.4. The van der Waals surface area contributed by atoms with E-state index >= 15 is 0 Å². The smallest absolute Gasteiger partial charge is 0.215 e. The molecule has 1 aliphatic heterocycles. The van der Waals surface area contributed by atoms with Crippen molar-refractivity contribution in [2.45, 2.75) is 39.0 Å². The molecule has 1 aromatic heterocycles. The number of nitrogens with zero attached hydrogens (tertiary/aromatic N) is 2. The molecule has 1 atom stereocenters. The van der Waals surface area contributed by atoms with Crippen molar-refractivity contribution in [3.8, 4) is 0 Å². The van der Waals surface area contributed by atoms with Crippen molar-refractivity contribution in [2.75, 3.05) is 13.2 Å². The van der Waals surface area contributed by atoms with Gasteiger partial charge < -0.3 is 10.1 Å². The summed E-state index contributed by atoms with van der Waals surface area (Å²) in [5.74, 6) is -0.234. The molecule has 2 rings (SSSR count). The summed E-state index contributed by atoms with van der Waals surface area (Å²) >= 11 is 0. The number of rotatable bonds is 5. The van der Waals surface area contributed by atoms with E-state index in [-0.39, 0.29) is 5.95 Å². The maximum Gasteiger partial charge on any atom is 0.215 e. The van der Waals surface area contributed by atoms with E-state index in [1.165, 1.54) is 4.68 Å². The summed E-state index contributed by atoms with van der Waals surface area (Å²) in [7, 11) is 0. The van der Waals surface area contributed by atoms with Crippen LogP contribution in [-0.2, 0) is 17.8 Å². The molecule has 0 saturated carbocycles. The minimum atomic E-state index is -0.234. The van der Waals surface area contributed by atoms with Gasteiger partial charge in [-0.05, 0) is 19.8 Å². The van der Waals surface area contributed by atoms with Gasteiger partial charge in [-0.2, -0.15) is 9.49 Å². The molecule has 1 aliphatic rings. The van der Waals surface area contributed by atoms with Gasteiger partial charge in [0.2, 0.25) is 5.95 Å². The van der Waals surface area contributed by atoms with Crippen molar-refractivity contribution in [3.63, 3.8) is 0 Å². The van der Waals surface area contributed by atoms with Gasteiger partial charge in [0.05, 0.1) is 12.3 Å². The number of hydrogen-bond acceptors (Lipinski definition) is 3. The average molecular weight is 227 g/mol. The molecule has 2 heterocycles. The van der Waals surface area contributed by atoms with E-state index in [1.54, 1.807) is 6.20 Å². The maximum atomic E-state index is 13.6. The van der Waals surface area contributed by atoms with Crippen LogP contribution in [0.5, 0.6) is 0 Å². The first kappa shape index (κ1) is 11.5. The Bertz CT molecular complexity index is 334. The van der Waals surface area contributed by atoms with E-state index in [4.69, 9.17) is 4.74 Å². The highest BCUT2D eigenvalue weighted by Gasteiger charge is 2.15. The molecule has 0 bridgehead atoms. The minimum absolute atomic E-state index is 0.234. The lowest BCUT2D eigenvalue weighted by Crippen LogP contribution is -2.26. The fourth-order valence-electron chi connectivity index (χ4n) is 1.92. The summed E-state index contributed by atoms with van der Waals surface area (Å²) in [4.78, 5) is 0. The molecular weight excluding hydrogens is 209 g/mol. The molecule has 4 nitrogen and oxygen atoms in total. The predicted molar refractivity (Wildman–Crippen MR) is 58.5 cm³/mol. The topological polar surface area (TPSA) is 39.1 Å². The van der Waals surface area contributed by atoms with E-state index in [1.807, 2.05) is 6.92 Å². The second kappa shape index (κ2) is 5.41. The van der Waals surface area contributed by atoms with Crippen LogP contribution in [0.1, 0.15) is 25.3 Å². The van der Waals surface area contributed by atoms with Crippen LogP contribution in [0.25, 0.3) is 0 Å². The molecule has 1 saturated heterocycles. The van der Waals surface area contributed by atoms with Crippen molar-refractivity contribution >= 4 is 0 Å². The highest BCUT2D eigenvalue weighted by atomic mass is 19.1. The highest BCUT2D eigenvalue weighted by Crippen LogP contribution is 2.11. The van der Waals surface area contributed by atoms with Crippen LogP contribution in [0.3, 0.4) is 0 Å². The molecular formula is C11H18FN3O. The third-order valence-corrected chi connectivity index (χ3v) is 2.86. The first-order valence-corrected chi connectivity index (χ1v) is 5.83. The summed E-state index contributed by atoms with van der Waals surface area (Å²) in [6.45, 7) is 4.61. The molecule has 0 aromatic carbocycles. The van der Waals surface area contributed by atoms with Gasteiger partial charge in [0, 0.05) is 31.8 Å². The zero-order chi connectivity index (χ0) is 11.4.